The van der Waals surface area contributed by atoms with Gasteiger partial charge in [0.2, 0.25) is 0 Å². The van der Waals surface area contributed by atoms with Crippen molar-refractivity contribution in [2.75, 3.05) is 33.3 Å². The Morgan fingerprint density at radius 2 is 2.22 bits per heavy atom. The largest absolute Gasteiger partial charge is 0.394 e. The van der Waals surface area contributed by atoms with Crippen LogP contribution in [0, 0.1) is 5.92 Å². The molecule has 102 valence electrons. The Hall–Kier alpha value is -0.980. The molecule has 0 unspecified atom stereocenters. The Morgan fingerprint density at radius 1 is 1.44 bits per heavy atom. The molecule has 2 rings (SSSR count). The predicted molar refractivity (Wildman–Crippen MR) is 69.0 cm³/mol. The number of nitrogens with one attached hydrogen (secondary N) is 1. The fraction of sp³-hybridized carbons (Fsp3) is 0.833. The molecule has 0 atom stereocenters. The van der Waals surface area contributed by atoms with Crippen molar-refractivity contribution < 1.29 is 5.11 Å². The number of nitrogens with zero attached hydrogens (tertiary/aromatic N) is 4. The lowest BCUT2D eigenvalue weighted by Gasteiger charge is -2.28. The number of aliphatic hydroxyl groups excluding tert-OH is 1. The molecule has 1 aliphatic rings. The summed E-state index contributed by atoms with van der Waals surface area (Å²) in [4.78, 5) is 2.39. The second-order valence-corrected chi connectivity index (χ2v) is 5.07. The van der Waals surface area contributed by atoms with Crippen molar-refractivity contribution in [3.05, 3.63) is 11.9 Å². The van der Waals surface area contributed by atoms with Gasteiger partial charge in [-0.1, -0.05) is 5.21 Å². The number of aliphatic hydroxyl groups is 1. The van der Waals surface area contributed by atoms with Crippen molar-refractivity contribution in [3.8, 4) is 0 Å². The maximum Gasteiger partial charge on any atom is 0.0964 e. The first-order valence-electron chi connectivity index (χ1n) is 6.67. The van der Waals surface area contributed by atoms with E-state index in [9.17, 15) is 0 Å². The van der Waals surface area contributed by atoms with Gasteiger partial charge in [-0.3, -0.25) is 0 Å². The van der Waals surface area contributed by atoms with E-state index in [1.54, 1.807) is 4.68 Å². The van der Waals surface area contributed by atoms with Gasteiger partial charge in [-0.05, 0) is 45.4 Å². The molecule has 1 fully saturated rings. The maximum absolute atomic E-state index is 8.79. The molecule has 1 aromatic heterocycles. The highest BCUT2D eigenvalue weighted by atomic mass is 16.3. The van der Waals surface area contributed by atoms with Crippen LogP contribution in [0.1, 0.15) is 18.5 Å². The van der Waals surface area contributed by atoms with E-state index in [-0.39, 0.29) is 6.61 Å². The monoisotopic (exact) mass is 253 g/mol. The first-order valence-corrected chi connectivity index (χ1v) is 6.67. The van der Waals surface area contributed by atoms with Crippen molar-refractivity contribution in [1.82, 2.24) is 25.2 Å². The molecule has 2 N–H and O–H groups in total. The predicted octanol–water partition coefficient (Wildman–Crippen LogP) is -0.298. The van der Waals surface area contributed by atoms with Crippen LogP contribution in [0.3, 0.4) is 0 Å². The average molecular weight is 253 g/mol. The maximum atomic E-state index is 8.79. The highest BCUT2D eigenvalue weighted by molar-refractivity contribution is 4.91. The molecule has 1 aromatic rings. The summed E-state index contributed by atoms with van der Waals surface area (Å²) in [7, 11) is 2.18. The molecule has 0 aromatic carbocycles. The number of likely N-dealkylation sites (tertiary alicyclic amines) is 1. The van der Waals surface area contributed by atoms with E-state index in [0.717, 1.165) is 24.7 Å². The summed E-state index contributed by atoms with van der Waals surface area (Å²) in [5, 5.41) is 20.2. The zero-order valence-corrected chi connectivity index (χ0v) is 11.0. The molecule has 0 aliphatic carbocycles. The Kier molecular flexibility index (Phi) is 5.10. The summed E-state index contributed by atoms with van der Waals surface area (Å²) in [5.41, 5.74) is 0.941. The standard InChI is InChI=1S/C12H23N5O/c1-16-4-2-11(3-5-16)8-13-9-12-10-17(6-7-18)15-14-12/h10-11,13,18H,2-9H2,1H3. The van der Waals surface area contributed by atoms with Crippen molar-refractivity contribution >= 4 is 0 Å². The van der Waals surface area contributed by atoms with E-state index >= 15 is 0 Å². The average Bonchev–Trinajstić information content (AvgIpc) is 2.80. The molecule has 2 heterocycles. The number of rotatable bonds is 6. The van der Waals surface area contributed by atoms with Gasteiger partial charge in [0.05, 0.1) is 18.8 Å². The zero-order valence-electron chi connectivity index (χ0n) is 11.0. The van der Waals surface area contributed by atoms with Gasteiger partial charge in [0, 0.05) is 12.7 Å². The summed E-state index contributed by atoms with van der Waals surface area (Å²) in [5.74, 6) is 0.786. The number of aromatic nitrogens is 3. The molecule has 1 aliphatic heterocycles. The molecular formula is C12H23N5O. The summed E-state index contributed by atoms with van der Waals surface area (Å²) in [6.07, 6.45) is 4.44. The highest BCUT2D eigenvalue weighted by Crippen LogP contribution is 2.14. The third-order valence-electron chi connectivity index (χ3n) is 3.49. The van der Waals surface area contributed by atoms with Crippen molar-refractivity contribution in [2.45, 2.75) is 25.9 Å². The smallest absolute Gasteiger partial charge is 0.0964 e. The van der Waals surface area contributed by atoms with Crippen LogP contribution >= 0.6 is 0 Å². The van der Waals surface area contributed by atoms with Crippen LogP contribution in [0.25, 0.3) is 0 Å². The van der Waals surface area contributed by atoms with Crippen LogP contribution in [-0.2, 0) is 13.1 Å². The molecule has 0 bridgehead atoms. The van der Waals surface area contributed by atoms with E-state index in [0.29, 0.717) is 6.54 Å². The third-order valence-corrected chi connectivity index (χ3v) is 3.49. The van der Waals surface area contributed by atoms with E-state index in [1.165, 1.54) is 25.9 Å². The minimum absolute atomic E-state index is 0.103. The van der Waals surface area contributed by atoms with Gasteiger partial charge in [0.25, 0.3) is 0 Å². The van der Waals surface area contributed by atoms with Crippen LogP contribution < -0.4 is 5.32 Å². The molecule has 6 heteroatoms. The highest BCUT2D eigenvalue weighted by Gasteiger charge is 2.15. The number of hydrogen-bond donors (Lipinski definition) is 2. The summed E-state index contributed by atoms with van der Waals surface area (Å²) >= 11 is 0. The van der Waals surface area contributed by atoms with Crippen molar-refractivity contribution in [3.63, 3.8) is 0 Å². The van der Waals surface area contributed by atoms with Gasteiger partial charge in [0.15, 0.2) is 0 Å². The van der Waals surface area contributed by atoms with Gasteiger partial charge in [-0.25, -0.2) is 4.68 Å². The fourth-order valence-corrected chi connectivity index (χ4v) is 2.30. The van der Waals surface area contributed by atoms with Crippen LogP contribution in [0.4, 0.5) is 0 Å². The van der Waals surface area contributed by atoms with Crippen LogP contribution in [0.5, 0.6) is 0 Å². The Morgan fingerprint density at radius 3 is 2.94 bits per heavy atom. The normalized spacial score (nSPS) is 18.3. The number of hydrogen-bond acceptors (Lipinski definition) is 5. The molecule has 0 spiro atoms. The minimum atomic E-state index is 0.103. The van der Waals surface area contributed by atoms with Gasteiger partial charge < -0.3 is 15.3 Å². The minimum Gasteiger partial charge on any atom is -0.394 e. The molecular weight excluding hydrogens is 230 g/mol. The topological polar surface area (TPSA) is 66.2 Å². The van der Waals surface area contributed by atoms with Crippen molar-refractivity contribution in [2.24, 2.45) is 5.92 Å². The van der Waals surface area contributed by atoms with Gasteiger partial charge in [-0.2, -0.15) is 0 Å². The lowest BCUT2D eigenvalue weighted by Crippen LogP contribution is -2.34. The molecule has 0 radical (unpaired) electrons. The summed E-state index contributed by atoms with van der Waals surface area (Å²) < 4.78 is 1.67. The van der Waals surface area contributed by atoms with E-state index in [4.69, 9.17) is 5.11 Å². The molecule has 18 heavy (non-hydrogen) atoms. The van der Waals surface area contributed by atoms with Gasteiger partial charge >= 0.3 is 0 Å². The zero-order chi connectivity index (χ0) is 12.8. The summed E-state index contributed by atoms with van der Waals surface area (Å²) in [6, 6.07) is 0. The second kappa shape index (κ2) is 6.82. The molecule has 0 saturated carbocycles. The Bertz CT molecular complexity index is 346. The van der Waals surface area contributed by atoms with E-state index < -0.39 is 0 Å². The molecule has 0 amide bonds. The lowest BCUT2D eigenvalue weighted by molar-refractivity contribution is 0.216. The Labute approximate surface area is 108 Å². The molecule has 1 saturated heterocycles. The first kappa shape index (κ1) is 13.5. The lowest BCUT2D eigenvalue weighted by atomic mass is 9.97. The van der Waals surface area contributed by atoms with Crippen LogP contribution in [-0.4, -0.2) is 58.3 Å². The van der Waals surface area contributed by atoms with E-state index in [2.05, 4.69) is 27.6 Å². The van der Waals surface area contributed by atoms with Crippen molar-refractivity contribution in [1.29, 1.82) is 0 Å². The third kappa shape index (κ3) is 4.04. The SMILES string of the molecule is CN1CCC(CNCc2cn(CCO)nn2)CC1. The first-order chi connectivity index (χ1) is 8.78. The van der Waals surface area contributed by atoms with Gasteiger partial charge in [0.1, 0.15) is 0 Å². The Balaban J connectivity index is 1.65. The van der Waals surface area contributed by atoms with Gasteiger partial charge in [-0.15, -0.1) is 5.10 Å². The molecule has 6 nitrogen and oxygen atoms in total. The van der Waals surface area contributed by atoms with Crippen LogP contribution in [0.15, 0.2) is 6.20 Å². The van der Waals surface area contributed by atoms with E-state index in [1.807, 2.05) is 6.20 Å². The fourth-order valence-electron chi connectivity index (χ4n) is 2.30. The van der Waals surface area contributed by atoms with Crippen LogP contribution in [0.2, 0.25) is 0 Å². The quantitative estimate of drug-likeness (QED) is 0.729. The summed E-state index contributed by atoms with van der Waals surface area (Å²) in [6.45, 7) is 4.85. The number of piperidine rings is 1. The second-order valence-electron chi connectivity index (χ2n) is 5.07.